The number of ether oxygens (including phenoxy) is 1. The van der Waals surface area contributed by atoms with Gasteiger partial charge in [-0.3, -0.25) is 9.65 Å². The van der Waals surface area contributed by atoms with Crippen molar-refractivity contribution in [1.29, 1.82) is 0 Å². The Balaban J connectivity index is 0.000000276. The summed E-state index contributed by atoms with van der Waals surface area (Å²) in [5.74, 6) is 1.48. The van der Waals surface area contributed by atoms with Gasteiger partial charge in [-0.25, -0.2) is 14.5 Å². The zero-order chi connectivity index (χ0) is 31.4. The summed E-state index contributed by atoms with van der Waals surface area (Å²) in [5.41, 5.74) is 6.80. The maximum atomic E-state index is 10.5. The third kappa shape index (κ3) is 6.83. The van der Waals surface area contributed by atoms with Crippen LogP contribution in [0.2, 0.25) is 0 Å². The topological polar surface area (TPSA) is 135 Å². The normalized spacial score (nSPS) is 11.3. The molecule has 3 aromatic carbocycles. The van der Waals surface area contributed by atoms with Gasteiger partial charge in [0.05, 0.1) is 32.2 Å². The molecule has 7 rings (SSSR count). The molecule has 0 amide bonds. The number of rotatable bonds is 7. The number of aryl methyl sites for hydroxylation is 2. The second-order valence-corrected chi connectivity index (χ2v) is 12.5. The Labute approximate surface area is 263 Å². The van der Waals surface area contributed by atoms with Gasteiger partial charge in [0.25, 0.3) is 10.1 Å². The Bertz CT molecular complexity index is 2140. The molecule has 0 spiro atoms. The maximum absolute atomic E-state index is 10.5. The number of H-pyrrole nitrogens is 1. The highest BCUT2D eigenvalue weighted by atomic mass is 32.2. The number of hydrogen-bond acceptors (Lipinski definition) is 8. The molecule has 226 valence electrons. The molecule has 4 heterocycles. The molecular weight excluding hydrogens is 609 g/mol. The Morgan fingerprint density at radius 3 is 2.31 bits per heavy atom. The van der Waals surface area contributed by atoms with Crippen LogP contribution in [0.3, 0.4) is 0 Å². The average Bonchev–Trinajstić information content (AvgIpc) is 3.79. The summed E-state index contributed by atoms with van der Waals surface area (Å²) >= 11 is 1.58. The number of thiazole rings is 1. The molecule has 0 bridgehead atoms. The summed E-state index contributed by atoms with van der Waals surface area (Å²) in [6.45, 7) is 4.35. The number of hydrogen-bond donors (Lipinski definition) is 2. The van der Waals surface area contributed by atoms with E-state index >= 15 is 0 Å². The SMILES string of the molecule is Cc1ccc(S(=O)(=O)O)cc1.Cc1nn2ccc(OCc3ccccc3)cc2c1-c1nc(-c2ccccc2)c(-c2ncn[nH]2)s1. The van der Waals surface area contributed by atoms with Gasteiger partial charge in [-0.1, -0.05) is 78.4 Å². The molecule has 0 unspecified atom stereocenters. The van der Waals surface area contributed by atoms with E-state index in [4.69, 9.17) is 19.4 Å². The van der Waals surface area contributed by atoms with Gasteiger partial charge < -0.3 is 4.74 Å². The minimum Gasteiger partial charge on any atom is -0.489 e. The summed E-state index contributed by atoms with van der Waals surface area (Å²) in [4.78, 5) is 10.3. The van der Waals surface area contributed by atoms with Crippen LogP contribution >= 0.6 is 11.3 Å². The van der Waals surface area contributed by atoms with Crippen LogP contribution in [0.25, 0.3) is 38.0 Å². The molecule has 10 nitrogen and oxygen atoms in total. The summed E-state index contributed by atoms with van der Waals surface area (Å²) < 4.78 is 37.5. The van der Waals surface area contributed by atoms with Crippen LogP contribution in [0.1, 0.15) is 16.8 Å². The summed E-state index contributed by atoms with van der Waals surface area (Å²) in [7, 11) is -4.02. The molecular formula is C33H28N6O4S2. The number of pyridine rings is 1. The molecule has 0 aliphatic carbocycles. The third-order valence-corrected chi connectivity index (χ3v) is 8.81. The fourth-order valence-corrected chi connectivity index (χ4v) is 6.26. The third-order valence-electron chi connectivity index (χ3n) is 6.87. The Hall–Kier alpha value is -5.17. The molecule has 0 saturated carbocycles. The zero-order valence-electron chi connectivity index (χ0n) is 24.3. The monoisotopic (exact) mass is 636 g/mol. The number of aromatic amines is 1. The number of nitrogens with zero attached hydrogens (tertiary/aromatic N) is 5. The largest absolute Gasteiger partial charge is 0.489 e. The van der Waals surface area contributed by atoms with Gasteiger partial charge in [-0.05, 0) is 37.6 Å². The molecule has 0 radical (unpaired) electrons. The van der Waals surface area contributed by atoms with Crippen LogP contribution in [-0.4, -0.2) is 42.7 Å². The number of aromatic nitrogens is 6. The lowest BCUT2D eigenvalue weighted by molar-refractivity contribution is 0.306. The molecule has 12 heteroatoms. The smallest absolute Gasteiger partial charge is 0.294 e. The number of benzene rings is 3. The molecule has 0 saturated heterocycles. The van der Waals surface area contributed by atoms with Crippen molar-refractivity contribution in [1.82, 2.24) is 29.8 Å². The lowest BCUT2D eigenvalue weighted by Crippen LogP contribution is -1.96. The van der Waals surface area contributed by atoms with Crippen molar-refractivity contribution >= 4 is 27.0 Å². The van der Waals surface area contributed by atoms with Crippen LogP contribution in [0.5, 0.6) is 5.75 Å². The summed E-state index contributed by atoms with van der Waals surface area (Å²) in [5, 5.41) is 12.6. The minimum absolute atomic E-state index is 0.0666. The standard InChI is InChI=1S/C26H20N6OS.C7H8O3S/c1-17-22(21-14-20(12-13-32(21)31-17)33-15-18-8-4-2-5-9-18)26-29-23(19-10-6-3-7-11-19)24(34-26)25-27-16-28-30-25;1-6-2-4-7(5-3-6)11(8,9)10/h2-14,16H,15H2,1H3,(H,27,28,30);2-5H,1H3,(H,8,9,10). The Morgan fingerprint density at radius 2 is 1.64 bits per heavy atom. The van der Waals surface area contributed by atoms with Gasteiger partial charge in [0.2, 0.25) is 0 Å². The van der Waals surface area contributed by atoms with Gasteiger partial charge >= 0.3 is 0 Å². The van der Waals surface area contributed by atoms with Crippen molar-refractivity contribution in [3.63, 3.8) is 0 Å². The van der Waals surface area contributed by atoms with E-state index in [1.54, 1.807) is 23.5 Å². The Kier molecular flexibility index (Phi) is 8.52. The van der Waals surface area contributed by atoms with Crippen LogP contribution in [0, 0.1) is 13.8 Å². The van der Waals surface area contributed by atoms with Crippen molar-refractivity contribution in [3.8, 4) is 38.3 Å². The fraction of sp³-hybridized carbons (Fsp3) is 0.0909. The van der Waals surface area contributed by atoms with Crippen LogP contribution < -0.4 is 4.74 Å². The Morgan fingerprint density at radius 1 is 0.933 bits per heavy atom. The number of nitrogens with one attached hydrogen (secondary N) is 1. The second kappa shape index (κ2) is 12.8. The second-order valence-electron chi connectivity index (χ2n) is 10.1. The lowest BCUT2D eigenvalue weighted by Gasteiger charge is -2.07. The first kappa shape index (κ1) is 29.9. The number of fused-ring (bicyclic) bond motifs is 1. The van der Waals surface area contributed by atoms with Crippen LogP contribution in [-0.2, 0) is 16.7 Å². The highest BCUT2D eigenvalue weighted by Crippen LogP contribution is 2.41. The predicted octanol–water partition coefficient (Wildman–Crippen LogP) is 7.04. The van der Waals surface area contributed by atoms with Gasteiger partial charge in [-0.2, -0.15) is 18.6 Å². The van der Waals surface area contributed by atoms with E-state index < -0.39 is 10.1 Å². The quantitative estimate of drug-likeness (QED) is 0.178. The van der Waals surface area contributed by atoms with Crippen molar-refractivity contribution in [2.24, 2.45) is 0 Å². The van der Waals surface area contributed by atoms with E-state index in [1.165, 1.54) is 18.5 Å². The molecule has 45 heavy (non-hydrogen) atoms. The summed E-state index contributed by atoms with van der Waals surface area (Å²) in [6.07, 6.45) is 3.44. The first-order chi connectivity index (χ1) is 21.8. The first-order valence-corrected chi connectivity index (χ1v) is 16.1. The molecule has 0 aliphatic rings. The summed E-state index contributed by atoms with van der Waals surface area (Å²) in [6, 6.07) is 30.2. The molecule has 0 aliphatic heterocycles. The van der Waals surface area contributed by atoms with E-state index in [0.717, 1.165) is 54.8 Å². The van der Waals surface area contributed by atoms with Crippen molar-refractivity contribution in [2.75, 3.05) is 0 Å². The van der Waals surface area contributed by atoms with E-state index in [1.807, 2.05) is 73.1 Å². The van der Waals surface area contributed by atoms with E-state index in [2.05, 4.69) is 39.4 Å². The highest BCUT2D eigenvalue weighted by molar-refractivity contribution is 7.85. The minimum atomic E-state index is -4.02. The molecule has 2 N–H and O–H groups in total. The molecule has 4 aromatic heterocycles. The van der Waals surface area contributed by atoms with Crippen molar-refractivity contribution in [3.05, 3.63) is 126 Å². The maximum Gasteiger partial charge on any atom is 0.294 e. The van der Waals surface area contributed by atoms with Gasteiger partial charge in [0, 0.05) is 17.8 Å². The van der Waals surface area contributed by atoms with Gasteiger partial charge in [0.15, 0.2) is 5.82 Å². The molecule has 0 atom stereocenters. The predicted molar refractivity (Wildman–Crippen MR) is 174 cm³/mol. The van der Waals surface area contributed by atoms with Crippen molar-refractivity contribution in [2.45, 2.75) is 25.3 Å². The van der Waals surface area contributed by atoms with E-state index in [0.29, 0.717) is 12.4 Å². The van der Waals surface area contributed by atoms with Crippen LogP contribution in [0.15, 0.2) is 114 Å². The lowest BCUT2D eigenvalue weighted by atomic mass is 10.1. The van der Waals surface area contributed by atoms with E-state index in [-0.39, 0.29) is 4.90 Å². The highest BCUT2D eigenvalue weighted by Gasteiger charge is 2.22. The average molecular weight is 637 g/mol. The van der Waals surface area contributed by atoms with Crippen molar-refractivity contribution < 1.29 is 17.7 Å². The molecule has 7 aromatic rings. The van der Waals surface area contributed by atoms with Gasteiger partial charge in [0.1, 0.15) is 23.7 Å². The first-order valence-electron chi connectivity index (χ1n) is 13.9. The van der Waals surface area contributed by atoms with Crippen LogP contribution in [0.4, 0.5) is 0 Å². The molecule has 0 fully saturated rings. The fourth-order valence-electron chi connectivity index (χ4n) is 4.64. The zero-order valence-corrected chi connectivity index (χ0v) is 26.0. The van der Waals surface area contributed by atoms with E-state index in [9.17, 15) is 8.42 Å². The van der Waals surface area contributed by atoms with Gasteiger partial charge in [-0.15, -0.1) is 11.3 Å².